The van der Waals surface area contributed by atoms with E-state index in [4.69, 9.17) is 11.5 Å². The monoisotopic (exact) mass is 298 g/mol. The number of aryl methyl sites for hydroxylation is 2. The molecule has 7 nitrogen and oxygen atoms in total. The Labute approximate surface area is 122 Å². The maximum absolute atomic E-state index is 11.3. The van der Waals surface area contributed by atoms with Crippen molar-refractivity contribution in [3.8, 4) is 0 Å². The number of urea groups is 1. The quantitative estimate of drug-likeness (QED) is 0.356. The zero-order valence-electron chi connectivity index (χ0n) is 11.9. The topological polar surface area (TPSA) is 118 Å². The third-order valence-electron chi connectivity index (χ3n) is 2.53. The van der Waals surface area contributed by atoms with E-state index >= 15 is 0 Å². The summed E-state index contributed by atoms with van der Waals surface area (Å²) in [4.78, 5) is 20.7. The number of carbonyl (C=O) groups is 1. The number of hydrogen-bond acceptors (Lipinski definition) is 5. The number of guanidine groups is 1. The maximum atomic E-state index is 11.3. The molecule has 0 bridgehead atoms. The fourth-order valence-corrected chi connectivity index (χ4v) is 2.43. The van der Waals surface area contributed by atoms with E-state index in [1.165, 1.54) is 16.2 Å². The number of nitrogens with two attached hydrogens (primary N) is 2. The molecule has 0 radical (unpaired) electrons. The van der Waals surface area contributed by atoms with Crippen molar-refractivity contribution in [2.45, 2.75) is 33.1 Å². The molecule has 0 aromatic carbocycles. The van der Waals surface area contributed by atoms with E-state index in [1.54, 1.807) is 0 Å². The fourth-order valence-electron chi connectivity index (χ4n) is 1.56. The van der Waals surface area contributed by atoms with E-state index in [0.29, 0.717) is 18.2 Å². The highest BCUT2D eigenvalue weighted by Gasteiger charge is 2.05. The van der Waals surface area contributed by atoms with Crippen LogP contribution in [0.4, 0.5) is 9.93 Å². The first-order valence-electron chi connectivity index (χ1n) is 6.59. The van der Waals surface area contributed by atoms with Gasteiger partial charge in [-0.05, 0) is 26.2 Å². The summed E-state index contributed by atoms with van der Waals surface area (Å²) >= 11 is 1.50. The molecule has 1 rings (SSSR count). The van der Waals surface area contributed by atoms with Crippen LogP contribution >= 0.6 is 11.3 Å². The predicted octanol–water partition coefficient (Wildman–Crippen LogP) is 0.990. The minimum atomic E-state index is -0.320. The Morgan fingerprint density at radius 3 is 2.85 bits per heavy atom. The number of nitrogen functional groups attached to an aromatic ring is 1. The van der Waals surface area contributed by atoms with Gasteiger partial charge in [-0.25, -0.2) is 9.78 Å². The van der Waals surface area contributed by atoms with Crippen LogP contribution in [0.1, 0.15) is 30.3 Å². The third kappa shape index (κ3) is 5.87. The van der Waals surface area contributed by atoms with Gasteiger partial charge >= 0.3 is 6.03 Å². The summed E-state index contributed by atoms with van der Waals surface area (Å²) in [6, 6.07) is -0.320. The number of carbonyl (C=O) groups excluding carboxylic acids is 1. The first-order valence-corrected chi connectivity index (χ1v) is 7.41. The van der Waals surface area contributed by atoms with Crippen LogP contribution < -0.4 is 22.1 Å². The highest BCUT2D eigenvalue weighted by atomic mass is 32.1. The Morgan fingerprint density at radius 1 is 1.50 bits per heavy atom. The summed E-state index contributed by atoms with van der Waals surface area (Å²) in [5.41, 5.74) is 12.2. The number of aromatic nitrogens is 1. The lowest BCUT2D eigenvalue weighted by Gasteiger charge is -2.05. The molecular weight excluding hydrogens is 276 g/mol. The molecule has 20 heavy (non-hydrogen) atoms. The lowest BCUT2D eigenvalue weighted by molar-refractivity contribution is 0.245. The van der Waals surface area contributed by atoms with E-state index in [-0.39, 0.29) is 12.0 Å². The summed E-state index contributed by atoms with van der Waals surface area (Å²) in [7, 11) is 0. The van der Waals surface area contributed by atoms with Gasteiger partial charge in [0, 0.05) is 18.0 Å². The van der Waals surface area contributed by atoms with Gasteiger partial charge < -0.3 is 16.8 Å². The van der Waals surface area contributed by atoms with E-state index in [1.807, 2.05) is 13.8 Å². The molecule has 0 aliphatic rings. The molecule has 0 aliphatic carbocycles. The summed E-state index contributed by atoms with van der Waals surface area (Å²) in [5, 5.41) is 5.73. The minimum Gasteiger partial charge on any atom is -0.375 e. The molecule has 112 valence electrons. The molecule has 0 atom stereocenters. The molecule has 0 saturated carbocycles. The molecule has 6 N–H and O–H groups in total. The van der Waals surface area contributed by atoms with Crippen molar-refractivity contribution in [1.29, 1.82) is 0 Å². The Hall–Kier alpha value is -1.83. The van der Waals surface area contributed by atoms with Crippen molar-refractivity contribution < 1.29 is 4.79 Å². The van der Waals surface area contributed by atoms with E-state index in [2.05, 4.69) is 20.6 Å². The summed E-state index contributed by atoms with van der Waals surface area (Å²) < 4.78 is 0. The van der Waals surface area contributed by atoms with Crippen LogP contribution in [0.3, 0.4) is 0 Å². The van der Waals surface area contributed by atoms with Gasteiger partial charge in [0.25, 0.3) is 0 Å². The van der Waals surface area contributed by atoms with Gasteiger partial charge in [0.05, 0.1) is 5.69 Å². The van der Waals surface area contributed by atoms with Gasteiger partial charge in [0.15, 0.2) is 11.1 Å². The number of nitrogens with zero attached hydrogens (tertiary/aromatic N) is 2. The Bertz CT molecular complexity index is 471. The van der Waals surface area contributed by atoms with Gasteiger partial charge in [-0.15, -0.1) is 11.3 Å². The van der Waals surface area contributed by atoms with Crippen LogP contribution in [0, 0.1) is 6.92 Å². The number of nitrogens with one attached hydrogen (secondary N) is 2. The van der Waals surface area contributed by atoms with Crippen LogP contribution in [0.15, 0.2) is 4.99 Å². The zero-order chi connectivity index (χ0) is 15.0. The van der Waals surface area contributed by atoms with E-state index in [9.17, 15) is 4.79 Å². The van der Waals surface area contributed by atoms with Crippen molar-refractivity contribution in [3.63, 3.8) is 0 Å². The van der Waals surface area contributed by atoms with E-state index < -0.39 is 0 Å². The number of hydrogen-bond donors (Lipinski definition) is 4. The Kier molecular flexibility index (Phi) is 6.78. The average Bonchev–Trinajstić information content (AvgIpc) is 2.70. The second kappa shape index (κ2) is 8.36. The molecule has 1 aromatic rings. The Balaban J connectivity index is 2.26. The standard InChI is InChI=1S/C12H22N6OS/c1-3-6-16-12(19)18-10(13)15-7-4-5-9-8(2)17-11(14)20-9/h3-7H2,1-2H3,(H2,14,17)(H4,13,15,16,18,19). The minimum absolute atomic E-state index is 0.138. The van der Waals surface area contributed by atoms with Gasteiger partial charge in [-0.1, -0.05) is 6.92 Å². The summed E-state index contributed by atoms with van der Waals surface area (Å²) in [6.45, 7) is 5.09. The van der Waals surface area contributed by atoms with Crippen molar-refractivity contribution in [2.75, 3.05) is 18.8 Å². The van der Waals surface area contributed by atoms with Crippen LogP contribution in [-0.2, 0) is 6.42 Å². The fraction of sp³-hybridized carbons (Fsp3) is 0.583. The molecule has 0 aliphatic heterocycles. The first kappa shape index (κ1) is 16.2. The number of aliphatic imine (C=N–C) groups is 1. The van der Waals surface area contributed by atoms with Crippen molar-refractivity contribution in [1.82, 2.24) is 15.6 Å². The second-order valence-electron chi connectivity index (χ2n) is 4.31. The van der Waals surface area contributed by atoms with Crippen molar-refractivity contribution in [2.24, 2.45) is 10.7 Å². The zero-order valence-corrected chi connectivity index (χ0v) is 12.7. The largest absolute Gasteiger partial charge is 0.375 e. The van der Waals surface area contributed by atoms with Crippen LogP contribution in [0.5, 0.6) is 0 Å². The van der Waals surface area contributed by atoms with Crippen LogP contribution in [0.25, 0.3) is 0 Å². The van der Waals surface area contributed by atoms with Gasteiger partial charge in [-0.2, -0.15) is 0 Å². The van der Waals surface area contributed by atoms with Crippen LogP contribution in [-0.4, -0.2) is 30.1 Å². The summed E-state index contributed by atoms with van der Waals surface area (Å²) in [5.74, 6) is 0.138. The molecule has 0 spiro atoms. The average molecular weight is 298 g/mol. The van der Waals surface area contributed by atoms with E-state index in [0.717, 1.165) is 25.0 Å². The number of thiazole rings is 1. The molecular formula is C12H22N6OS. The number of amides is 2. The van der Waals surface area contributed by atoms with Crippen LogP contribution in [0.2, 0.25) is 0 Å². The molecule has 8 heteroatoms. The highest BCUT2D eigenvalue weighted by Crippen LogP contribution is 2.20. The molecule has 0 fully saturated rings. The normalized spacial score (nSPS) is 11.4. The van der Waals surface area contributed by atoms with Crippen molar-refractivity contribution in [3.05, 3.63) is 10.6 Å². The highest BCUT2D eigenvalue weighted by molar-refractivity contribution is 7.15. The van der Waals surface area contributed by atoms with Gasteiger partial charge in [0.2, 0.25) is 0 Å². The van der Waals surface area contributed by atoms with Crippen molar-refractivity contribution >= 4 is 28.5 Å². The molecule has 0 unspecified atom stereocenters. The molecule has 1 heterocycles. The molecule has 1 aromatic heterocycles. The molecule has 2 amide bonds. The first-order chi connectivity index (χ1) is 9.52. The lowest BCUT2D eigenvalue weighted by atomic mass is 10.2. The maximum Gasteiger partial charge on any atom is 0.321 e. The molecule has 0 saturated heterocycles. The SMILES string of the molecule is CCCNC(=O)NC(N)=NCCCc1sc(N)nc1C. The van der Waals surface area contributed by atoms with Gasteiger partial charge in [-0.3, -0.25) is 10.3 Å². The van der Waals surface area contributed by atoms with Gasteiger partial charge in [0.1, 0.15) is 0 Å². The smallest absolute Gasteiger partial charge is 0.321 e. The number of anilines is 1. The lowest BCUT2D eigenvalue weighted by Crippen LogP contribution is -2.43. The number of rotatable bonds is 6. The Morgan fingerprint density at radius 2 is 2.25 bits per heavy atom. The summed E-state index contributed by atoms with van der Waals surface area (Å²) in [6.07, 6.45) is 2.57. The predicted molar refractivity (Wildman–Crippen MR) is 82.9 cm³/mol. The third-order valence-corrected chi connectivity index (χ3v) is 3.58. The second-order valence-corrected chi connectivity index (χ2v) is 5.43.